The maximum Gasteiger partial charge on any atom is 0.352 e. The zero-order chi connectivity index (χ0) is 24.1. The highest BCUT2D eigenvalue weighted by Gasteiger charge is 2.21. The number of carbonyl (C=O) groups excluding carboxylic acids is 1. The molecule has 178 valence electrons. The van der Waals surface area contributed by atoms with Crippen molar-refractivity contribution in [3.63, 3.8) is 0 Å². The first-order chi connectivity index (χ1) is 16.4. The fourth-order valence-corrected chi connectivity index (χ4v) is 3.78. The van der Waals surface area contributed by atoms with E-state index in [0.717, 1.165) is 33.5 Å². The molecular weight excluding hydrogens is 441 g/mol. The van der Waals surface area contributed by atoms with Gasteiger partial charge in [0.1, 0.15) is 5.82 Å². The number of nitrogens with zero attached hydrogens (tertiary/aromatic N) is 4. The zero-order valence-electron chi connectivity index (χ0n) is 18.9. The molecule has 9 nitrogen and oxygen atoms in total. The van der Waals surface area contributed by atoms with Gasteiger partial charge in [-0.05, 0) is 36.8 Å². The number of benzene rings is 2. The number of aromatic nitrogens is 3. The Labute approximate surface area is 195 Å². The first kappa shape index (κ1) is 23.5. The summed E-state index contributed by atoms with van der Waals surface area (Å²) in [4.78, 5) is 41.4. The minimum absolute atomic E-state index is 0.0306. The first-order valence-electron chi connectivity index (χ1n) is 11.1. The van der Waals surface area contributed by atoms with Crippen LogP contribution in [-0.2, 0) is 11.3 Å². The third kappa shape index (κ3) is 5.46. The summed E-state index contributed by atoms with van der Waals surface area (Å²) in [5.74, 6) is -1.15. The Bertz CT molecular complexity index is 1280. The Morgan fingerprint density at radius 1 is 1.12 bits per heavy atom. The van der Waals surface area contributed by atoms with Crippen molar-refractivity contribution in [3.05, 3.63) is 92.0 Å². The summed E-state index contributed by atoms with van der Waals surface area (Å²) in [5, 5.41) is 6.78. The second-order valence-electron chi connectivity index (χ2n) is 8.11. The highest BCUT2D eigenvalue weighted by atomic mass is 19.1. The molecule has 1 N–H and O–H groups in total. The van der Waals surface area contributed by atoms with Gasteiger partial charge in [0.25, 0.3) is 11.5 Å². The second-order valence-corrected chi connectivity index (χ2v) is 8.11. The van der Waals surface area contributed by atoms with Crippen molar-refractivity contribution in [1.82, 2.24) is 24.6 Å². The van der Waals surface area contributed by atoms with E-state index in [0.29, 0.717) is 26.3 Å². The van der Waals surface area contributed by atoms with Crippen molar-refractivity contribution in [2.75, 3.05) is 39.4 Å². The number of ether oxygens (including phenoxy) is 1. The summed E-state index contributed by atoms with van der Waals surface area (Å²) >= 11 is 0. The van der Waals surface area contributed by atoms with Crippen LogP contribution in [0.4, 0.5) is 4.39 Å². The third-order valence-electron chi connectivity index (χ3n) is 5.59. The van der Waals surface area contributed by atoms with Gasteiger partial charge in [0.2, 0.25) is 5.69 Å². The molecule has 0 unspecified atom stereocenters. The molecule has 34 heavy (non-hydrogen) atoms. The van der Waals surface area contributed by atoms with Crippen molar-refractivity contribution >= 4 is 5.91 Å². The van der Waals surface area contributed by atoms with Crippen LogP contribution in [0.25, 0.3) is 5.69 Å². The fourth-order valence-electron chi connectivity index (χ4n) is 3.78. The molecule has 0 aliphatic carbocycles. The van der Waals surface area contributed by atoms with E-state index in [9.17, 15) is 18.8 Å². The molecule has 0 bridgehead atoms. The lowest BCUT2D eigenvalue weighted by molar-refractivity contribution is 0.0383. The van der Waals surface area contributed by atoms with E-state index in [2.05, 4.69) is 15.3 Å². The Balaban J connectivity index is 1.67. The summed E-state index contributed by atoms with van der Waals surface area (Å²) in [6.07, 6.45) is 0. The van der Waals surface area contributed by atoms with Gasteiger partial charge in [0.05, 0.1) is 25.4 Å². The van der Waals surface area contributed by atoms with E-state index in [1.54, 1.807) is 6.07 Å². The van der Waals surface area contributed by atoms with E-state index in [1.807, 2.05) is 25.1 Å². The topological polar surface area (TPSA) is 98.5 Å². The Hall–Kier alpha value is -3.63. The molecule has 1 aromatic heterocycles. The van der Waals surface area contributed by atoms with Crippen LogP contribution >= 0.6 is 0 Å². The van der Waals surface area contributed by atoms with Crippen molar-refractivity contribution in [2.24, 2.45) is 0 Å². The molecule has 0 atom stereocenters. The van der Waals surface area contributed by atoms with Crippen molar-refractivity contribution in [3.8, 4) is 5.69 Å². The lowest BCUT2D eigenvalue weighted by atomic mass is 10.1. The molecular formula is C24H26FN5O4. The molecule has 2 aromatic carbocycles. The average molecular weight is 468 g/mol. The number of hydrogen-bond acceptors (Lipinski definition) is 6. The van der Waals surface area contributed by atoms with E-state index >= 15 is 0 Å². The number of rotatable bonds is 7. The molecule has 1 saturated heterocycles. The SMILES string of the molecule is Cc1cccc(Cn2c(=O)c(C(=O)NCCN3CCOCC3)nn(-c3ccc(F)cc3)c2=O)c1. The molecule has 0 spiro atoms. The van der Waals surface area contributed by atoms with Gasteiger partial charge in [-0.25, -0.2) is 9.18 Å². The zero-order valence-corrected chi connectivity index (χ0v) is 18.9. The van der Waals surface area contributed by atoms with Gasteiger partial charge in [0, 0.05) is 26.2 Å². The fraction of sp³-hybridized carbons (Fsp3) is 0.333. The van der Waals surface area contributed by atoms with Crippen LogP contribution in [0.2, 0.25) is 0 Å². The second kappa shape index (κ2) is 10.5. The minimum Gasteiger partial charge on any atom is -0.379 e. The molecule has 1 fully saturated rings. The minimum atomic E-state index is -0.784. The van der Waals surface area contributed by atoms with Crippen LogP contribution in [0.15, 0.2) is 58.1 Å². The predicted molar refractivity (Wildman–Crippen MR) is 124 cm³/mol. The molecule has 1 amide bonds. The van der Waals surface area contributed by atoms with Gasteiger partial charge in [0.15, 0.2) is 0 Å². The third-order valence-corrected chi connectivity index (χ3v) is 5.59. The van der Waals surface area contributed by atoms with Gasteiger partial charge in [-0.2, -0.15) is 9.78 Å². The molecule has 2 heterocycles. The van der Waals surface area contributed by atoms with Crippen molar-refractivity contribution in [1.29, 1.82) is 0 Å². The molecule has 10 heteroatoms. The molecule has 3 aromatic rings. The van der Waals surface area contributed by atoms with Crippen LogP contribution in [0.5, 0.6) is 0 Å². The normalized spacial score (nSPS) is 14.2. The van der Waals surface area contributed by atoms with Crippen LogP contribution in [0, 0.1) is 12.7 Å². The number of nitrogens with one attached hydrogen (secondary N) is 1. The summed E-state index contributed by atoms with van der Waals surface area (Å²) < 4.78 is 20.7. The molecule has 1 aliphatic heterocycles. The number of morpholine rings is 1. The van der Waals surface area contributed by atoms with Crippen LogP contribution < -0.4 is 16.6 Å². The first-order valence-corrected chi connectivity index (χ1v) is 11.1. The van der Waals surface area contributed by atoms with Crippen molar-refractivity contribution < 1.29 is 13.9 Å². The average Bonchev–Trinajstić information content (AvgIpc) is 2.83. The summed E-state index contributed by atoms with van der Waals surface area (Å²) in [6.45, 7) is 5.61. The van der Waals surface area contributed by atoms with Crippen LogP contribution in [0.1, 0.15) is 21.6 Å². The summed E-state index contributed by atoms with van der Waals surface area (Å²) in [6, 6.07) is 12.5. The summed E-state index contributed by atoms with van der Waals surface area (Å²) in [7, 11) is 0. The Kier molecular flexibility index (Phi) is 7.29. The van der Waals surface area contributed by atoms with Gasteiger partial charge in [-0.1, -0.05) is 29.8 Å². The van der Waals surface area contributed by atoms with Gasteiger partial charge in [-0.15, -0.1) is 0 Å². The standard InChI is InChI=1S/C24H26FN5O4/c1-17-3-2-4-18(15-17)16-29-23(32)21(22(31)26-9-10-28-11-13-34-14-12-28)27-30(24(29)33)20-7-5-19(25)6-8-20/h2-8,15H,9-14,16H2,1H3,(H,26,31). The van der Waals surface area contributed by atoms with Gasteiger partial charge >= 0.3 is 5.69 Å². The smallest absolute Gasteiger partial charge is 0.352 e. The van der Waals surface area contributed by atoms with Crippen LogP contribution in [0.3, 0.4) is 0 Å². The Morgan fingerprint density at radius 2 is 1.85 bits per heavy atom. The largest absolute Gasteiger partial charge is 0.379 e. The van der Waals surface area contributed by atoms with Gasteiger partial charge in [-0.3, -0.25) is 19.1 Å². The number of halogens is 1. The maximum absolute atomic E-state index is 13.4. The lowest BCUT2D eigenvalue weighted by Crippen LogP contribution is -2.47. The van der Waals surface area contributed by atoms with Crippen LogP contribution in [-0.4, -0.2) is 64.5 Å². The van der Waals surface area contributed by atoms with E-state index in [1.165, 1.54) is 24.3 Å². The van der Waals surface area contributed by atoms with E-state index in [-0.39, 0.29) is 12.2 Å². The molecule has 1 aliphatic rings. The summed E-state index contributed by atoms with van der Waals surface area (Å²) in [5.41, 5.74) is 0.0383. The molecule has 4 rings (SSSR count). The highest BCUT2D eigenvalue weighted by Crippen LogP contribution is 2.07. The number of amides is 1. The molecule has 0 radical (unpaired) electrons. The quantitative estimate of drug-likeness (QED) is 0.556. The Morgan fingerprint density at radius 3 is 2.56 bits per heavy atom. The lowest BCUT2D eigenvalue weighted by Gasteiger charge is -2.26. The number of hydrogen-bond donors (Lipinski definition) is 1. The van der Waals surface area contributed by atoms with E-state index in [4.69, 9.17) is 4.74 Å². The molecule has 0 saturated carbocycles. The number of carbonyl (C=O) groups is 1. The van der Waals surface area contributed by atoms with E-state index < -0.39 is 28.7 Å². The maximum atomic E-state index is 13.4. The monoisotopic (exact) mass is 467 g/mol. The predicted octanol–water partition coefficient (Wildman–Crippen LogP) is 0.952. The highest BCUT2D eigenvalue weighted by molar-refractivity contribution is 5.91. The number of aryl methyl sites for hydroxylation is 1. The van der Waals surface area contributed by atoms with Crippen molar-refractivity contribution in [2.45, 2.75) is 13.5 Å². The van der Waals surface area contributed by atoms with Gasteiger partial charge < -0.3 is 10.1 Å².